The summed E-state index contributed by atoms with van der Waals surface area (Å²) in [6, 6.07) is 4.62. The van der Waals surface area contributed by atoms with Crippen molar-refractivity contribution in [2.75, 3.05) is 0 Å². The number of halogens is 3. The van der Waals surface area contributed by atoms with Crippen molar-refractivity contribution in [1.29, 1.82) is 0 Å². The topological polar surface area (TPSA) is 52.4 Å². The van der Waals surface area contributed by atoms with E-state index >= 15 is 0 Å². The third-order valence-corrected chi connectivity index (χ3v) is 5.47. The molecule has 84 valence electrons. The molecule has 0 aliphatic rings. The number of hydrogen-bond acceptors (Lipinski definition) is 3. The first-order valence-corrected chi connectivity index (χ1v) is 15.7. The standard InChI is InChI=1S/C7H4INO3.2HI.Ru/c1-5-4-6(9(10)11)2-3-7(5)12-8;;;/h1-4H;2*1H;/q;;;+2/p-2. The first kappa shape index (κ1) is 14.2. The molecule has 0 saturated heterocycles. The molecule has 0 atom stereocenters. The van der Waals surface area contributed by atoms with Crippen LogP contribution in [0.15, 0.2) is 18.2 Å². The van der Waals surface area contributed by atoms with Crippen molar-refractivity contribution >= 4 is 72.8 Å². The van der Waals surface area contributed by atoms with E-state index in [1.165, 1.54) is 6.07 Å². The zero-order valence-corrected chi connectivity index (χ0v) is 15.2. The van der Waals surface area contributed by atoms with E-state index in [0.29, 0.717) is 5.75 Å². The molecule has 0 aliphatic carbocycles. The molecule has 0 saturated carbocycles. The van der Waals surface area contributed by atoms with Gasteiger partial charge in [0.15, 0.2) is 0 Å². The minimum atomic E-state index is -1.02. The minimum absolute atomic E-state index is 0.0988. The number of non-ortho nitro benzene ring substituents is 1. The summed E-state index contributed by atoms with van der Waals surface area (Å²) in [5, 5.41) is 10.6. The zero-order valence-electron chi connectivity index (χ0n) is 6.97. The van der Waals surface area contributed by atoms with Gasteiger partial charge in [-0.05, 0) is 0 Å². The van der Waals surface area contributed by atoms with Crippen molar-refractivity contribution in [3.05, 3.63) is 33.9 Å². The van der Waals surface area contributed by atoms with Gasteiger partial charge in [0.1, 0.15) is 0 Å². The molecule has 0 unspecified atom stereocenters. The molecular weight excluding hydrogens is 628 g/mol. The van der Waals surface area contributed by atoms with Gasteiger partial charge in [-0.3, -0.25) is 0 Å². The first-order valence-electron chi connectivity index (χ1n) is 3.45. The Kier molecular flexibility index (Phi) is 6.37. The second-order valence-electron chi connectivity index (χ2n) is 2.36. The van der Waals surface area contributed by atoms with Crippen molar-refractivity contribution in [2.45, 2.75) is 0 Å². The molecule has 0 N–H and O–H groups in total. The van der Waals surface area contributed by atoms with Gasteiger partial charge in [0.05, 0.1) is 0 Å². The van der Waals surface area contributed by atoms with Gasteiger partial charge in [-0.2, -0.15) is 0 Å². The Hall–Kier alpha value is 1.10. The molecule has 4 nitrogen and oxygen atoms in total. The van der Waals surface area contributed by atoms with Gasteiger partial charge in [-0.1, -0.05) is 0 Å². The quantitative estimate of drug-likeness (QED) is 0.221. The summed E-state index contributed by atoms with van der Waals surface area (Å²) in [6.45, 7) is 0. The van der Waals surface area contributed by atoms with E-state index in [2.05, 4.69) is 39.5 Å². The molecule has 0 fully saturated rings. The van der Waals surface area contributed by atoms with E-state index < -0.39 is 13.4 Å². The number of benzene rings is 1. The van der Waals surface area contributed by atoms with Gasteiger partial charge in [0.2, 0.25) is 0 Å². The fourth-order valence-electron chi connectivity index (χ4n) is 0.883. The van der Waals surface area contributed by atoms with Crippen LogP contribution in [-0.4, -0.2) is 9.53 Å². The molecule has 0 aliphatic heterocycles. The summed E-state index contributed by atoms with van der Waals surface area (Å²) in [5.41, 5.74) is 0.905. The van der Waals surface area contributed by atoms with Gasteiger partial charge in [0, 0.05) is 0 Å². The van der Waals surface area contributed by atoms with Gasteiger partial charge in [-0.25, -0.2) is 0 Å². The van der Waals surface area contributed by atoms with Crippen molar-refractivity contribution in [3.8, 4) is 5.75 Å². The van der Waals surface area contributed by atoms with Gasteiger partial charge in [0.25, 0.3) is 0 Å². The van der Waals surface area contributed by atoms with Crippen molar-refractivity contribution in [3.63, 3.8) is 0 Å². The maximum atomic E-state index is 10.6. The molecule has 1 aromatic carbocycles. The molecule has 0 bridgehead atoms. The van der Waals surface area contributed by atoms with E-state index in [9.17, 15) is 10.1 Å². The van der Waals surface area contributed by atoms with E-state index in [0.717, 1.165) is 5.56 Å². The Bertz CT molecular complexity index is 420. The van der Waals surface area contributed by atoms with Gasteiger partial charge >= 0.3 is 129 Å². The number of hydrogen-bond donors (Lipinski definition) is 0. The van der Waals surface area contributed by atoms with Crippen LogP contribution in [0.1, 0.15) is 5.56 Å². The van der Waals surface area contributed by atoms with Crippen LogP contribution in [-0.2, 0) is 8.47 Å². The third-order valence-electron chi connectivity index (χ3n) is 1.47. The van der Waals surface area contributed by atoms with Crippen LogP contribution < -0.4 is 3.07 Å². The van der Waals surface area contributed by atoms with Crippen molar-refractivity contribution in [1.82, 2.24) is 0 Å². The number of rotatable bonds is 3. The zero-order chi connectivity index (χ0) is 11.4. The Labute approximate surface area is 127 Å². The van der Waals surface area contributed by atoms with Crippen LogP contribution in [0.3, 0.4) is 0 Å². The van der Waals surface area contributed by atoms with E-state index in [1.807, 2.05) is 4.61 Å². The van der Waals surface area contributed by atoms with Gasteiger partial charge < -0.3 is 0 Å². The van der Waals surface area contributed by atoms with E-state index in [1.54, 1.807) is 35.1 Å². The van der Waals surface area contributed by atoms with E-state index in [4.69, 9.17) is 3.07 Å². The predicted molar refractivity (Wildman–Crippen MR) is 81.0 cm³/mol. The Morgan fingerprint density at radius 3 is 2.60 bits per heavy atom. The van der Waals surface area contributed by atoms with Crippen LogP contribution in [0.2, 0.25) is 0 Å². The molecule has 1 rings (SSSR count). The predicted octanol–water partition coefficient (Wildman–Crippen LogP) is 3.79. The summed E-state index contributed by atoms with van der Waals surface area (Å²) in [4.78, 5) is 10.2. The molecule has 0 radical (unpaired) electrons. The Morgan fingerprint density at radius 2 is 2.13 bits per heavy atom. The molecule has 1 aromatic rings. The Morgan fingerprint density at radius 1 is 1.47 bits per heavy atom. The normalized spacial score (nSPS) is 10.7. The molecule has 0 spiro atoms. The summed E-state index contributed by atoms with van der Waals surface area (Å²) in [5.74, 6) is 0.674. The fourth-order valence-corrected chi connectivity index (χ4v) is 4.89. The number of nitro benzene ring substituents is 1. The van der Waals surface area contributed by atoms with Crippen LogP contribution in [0.4, 0.5) is 5.69 Å². The van der Waals surface area contributed by atoms with Gasteiger partial charge in [-0.15, -0.1) is 0 Å². The summed E-state index contributed by atoms with van der Waals surface area (Å²) in [7, 11) is -1.02. The molecule has 0 heterocycles. The number of nitro groups is 1. The molecular formula is C7H4I3NO3Ru. The summed E-state index contributed by atoms with van der Waals surface area (Å²) < 4.78 is 7.16. The maximum absolute atomic E-state index is 10.6. The number of nitrogens with zero attached hydrogens (tertiary/aromatic N) is 1. The van der Waals surface area contributed by atoms with Crippen LogP contribution >= 0.6 is 62.5 Å². The molecule has 15 heavy (non-hydrogen) atoms. The summed E-state index contributed by atoms with van der Waals surface area (Å²) >= 11 is 6.49. The third kappa shape index (κ3) is 4.46. The Balaban J connectivity index is 3.25. The summed E-state index contributed by atoms with van der Waals surface area (Å²) in [6.07, 6.45) is 0. The van der Waals surface area contributed by atoms with Crippen molar-refractivity contribution < 1.29 is 16.5 Å². The van der Waals surface area contributed by atoms with Crippen molar-refractivity contribution in [2.24, 2.45) is 0 Å². The monoisotopic (exact) mass is 633 g/mol. The second kappa shape index (κ2) is 6.75. The molecule has 0 amide bonds. The van der Waals surface area contributed by atoms with E-state index in [-0.39, 0.29) is 5.69 Å². The first-order chi connectivity index (χ1) is 7.04. The SMILES string of the molecule is O=[N+]([O-])c1ccc(OI)c([CH]=[Ru]([I])[I])c1. The molecule has 8 heteroatoms. The van der Waals surface area contributed by atoms with Crippen LogP contribution in [0.25, 0.3) is 0 Å². The fraction of sp³-hybridized carbons (Fsp3) is 0. The van der Waals surface area contributed by atoms with Crippen LogP contribution in [0.5, 0.6) is 5.75 Å². The van der Waals surface area contributed by atoms with Crippen LogP contribution in [0, 0.1) is 10.1 Å². The second-order valence-corrected chi connectivity index (χ2v) is 22.7. The molecule has 0 aromatic heterocycles. The average Bonchev–Trinajstić information content (AvgIpc) is 2.16. The average molecular weight is 632 g/mol.